The van der Waals surface area contributed by atoms with Gasteiger partial charge in [-0.05, 0) is 55.7 Å². The number of morpholine rings is 1. The standard InChI is InChI=1S/C33H48N4O3/c38-32(26-12-10-13-26)37-19-16-29(33(25-37)17-8-6-4-2-1-3-5-7-9-18-33)30-34-31(40-35-30)27-14-11-15-28(24-27)36-20-22-39-23-21-36/h11,14-15,24,26,29H,1-10,12-13,16-23,25H2. The van der Waals surface area contributed by atoms with Crippen molar-refractivity contribution < 1.29 is 14.1 Å². The summed E-state index contributed by atoms with van der Waals surface area (Å²) < 4.78 is 11.5. The number of ether oxygens (including phenoxy) is 1. The molecule has 218 valence electrons. The lowest BCUT2D eigenvalue weighted by atomic mass is 9.64. The third kappa shape index (κ3) is 6.24. The van der Waals surface area contributed by atoms with Crippen LogP contribution in [0.15, 0.2) is 28.8 Å². The summed E-state index contributed by atoms with van der Waals surface area (Å²) in [5, 5.41) is 4.65. The van der Waals surface area contributed by atoms with Crippen molar-refractivity contribution in [1.82, 2.24) is 15.0 Å². The van der Waals surface area contributed by atoms with Gasteiger partial charge in [0.2, 0.25) is 5.91 Å². The molecule has 3 heterocycles. The van der Waals surface area contributed by atoms with Crippen LogP contribution in [0.25, 0.3) is 11.5 Å². The van der Waals surface area contributed by atoms with Crippen molar-refractivity contribution in [2.24, 2.45) is 11.3 Å². The predicted molar refractivity (Wildman–Crippen MR) is 157 cm³/mol. The second kappa shape index (κ2) is 13.1. The van der Waals surface area contributed by atoms with E-state index >= 15 is 0 Å². The molecule has 1 aromatic heterocycles. The van der Waals surface area contributed by atoms with E-state index < -0.39 is 0 Å². The van der Waals surface area contributed by atoms with Crippen LogP contribution >= 0.6 is 0 Å². The average Bonchev–Trinajstić information content (AvgIpc) is 3.45. The number of likely N-dealkylation sites (tertiary alicyclic amines) is 1. The van der Waals surface area contributed by atoms with Crippen LogP contribution in [0.4, 0.5) is 5.69 Å². The second-order valence-electron chi connectivity index (χ2n) is 12.9. The van der Waals surface area contributed by atoms with E-state index in [1.54, 1.807) is 0 Å². The molecule has 1 amide bonds. The van der Waals surface area contributed by atoms with Crippen molar-refractivity contribution in [3.8, 4) is 11.5 Å². The normalized spacial score (nSPS) is 25.1. The Bertz CT molecular complexity index is 1090. The number of hydrogen-bond acceptors (Lipinski definition) is 6. The molecule has 0 bridgehead atoms. The highest BCUT2D eigenvalue weighted by Crippen LogP contribution is 2.50. The Balaban J connectivity index is 1.26. The number of hydrogen-bond donors (Lipinski definition) is 0. The molecule has 1 aromatic carbocycles. The maximum atomic E-state index is 13.4. The fourth-order valence-electron chi connectivity index (χ4n) is 7.64. The zero-order valence-corrected chi connectivity index (χ0v) is 24.3. The number of rotatable bonds is 4. The van der Waals surface area contributed by atoms with Crippen LogP contribution in [0.3, 0.4) is 0 Å². The lowest BCUT2D eigenvalue weighted by Gasteiger charge is -2.49. The number of piperidine rings is 1. The van der Waals surface area contributed by atoms with Gasteiger partial charge in [0, 0.05) is 49.3 Å². The molecule has 2 aliphatic carbocycles. The molecule has 1 atom stereocenters. The fourth-order valence-corrected chi connectivity index (χ4v) is 7.64. The van der Waals surface area contributed by atoms with Gasteiger partial charge in [-0.25, -0.2) is 0 Å². The van der Waals surface area contributed by atoms with E-state index in [1.807, 2.05) is 0 Å². The Morgan fingerprint density at radius 1 is 0.850 bits per heavy atom. The molecule has 1 spiro atoms. The molecule has 40 heavy (non-hydrogen) atoms. The summed E-state index contributed by atoms with van der Waals surface area (Å²) in [6.07, 6.45) is 18.4. The molecular formula is C33H48N4O3. The first-order chi connectivity index (χ1) is 19.7. The quantitative estimate of drug-likeness (QED) is 0.410. The lowest BCUT2D eigenvalue weighted by molar-refractivity contribution is -0.143. The monoisotopic (exact) mass is 548 g/mol. The third-order valence-electron chi connectivity index (χ3n) is 10.3. The molecule has 2 aromatic rings. The van der Waals surface area contributed by atoms with Gasteiger partial charge in [-0.1, -0.05) is 75.4 Å². The smallest absolute Gasteiger partial charge is 0.258 e. The summed E-state index contributed by atoms with van der Waals surface area (Å²) in [5.74, 6) is 2.37. The molecule has 7 heteroatoms. The van der Waals surface area contributed by atoms with E-state index in [4.69, 9.17) is 14.2 Å². The average molecular weight is 549 g/mol. The van der Waals surface area contributed by atoms with E-state index in [9.17, 15) is 4.79 Å². The topological polar surface area (TPSA) is 71.7 Å². The summed E-state index contributed by atoms with van der Waals surface area (Å²) in [7, 11) is 0. The molecule has 2 saturated carbocycles. The molecule has 4 fully saturated rings. The molecule has 4 aliphatic rings. The molecule has 0 radical (unpaired) electrons. The Hall–Kier alpha value is -2.41. The van der Waals surface area contributed by atoms with E-state index in [2.05, 4.69) is 39.2 Å². The molecule has 1 unspecified atom stereocenters. The Morgan fingerprint density at radius 3 is 2.23 bits per heavy atom. The maximum Gasteiger partial charge on any atom is 0.258 e. The summed E-state index contributed by atoms with van der Waals surface area (Å²) in [6.45, 7) is 5.01. The third-order valence-corrected chi connectivity index (χ3v) is 10.3. The van der Waals surface area contributed by atoms with Crippen molar-refractivity contribution in [3.05, 3.63) is 30.1 Å². The molecular weight excluding hydrogens is 500 g/mol. The van der Waals surface area contributed by atoms with Gasteiger partial charge in [0.25, 0.3) is 5.89 Å². The summed E-state index contributed by atoms with van der Waals surface area (Å²) in [5.41, 5.74) is 2.19. The van der Waals surface area contributed by atoms with Gasteiger partial charge in [-0.15, -0.1) is 0 Å². The van der Waals surface area contributed by atoms with Crippen molar-refractivity contribution in [2.75, 3.05) is 44.3 Å². The predicted octanol–water partition coefficient (Wildman–Crippen LogP) is 6.98. The number of aromatic nitrogens is 2. The van der Waals surface area contributed by atoms with Crippen LogP contribution in [-0.2, 0) is 9.53 Å². The van der Waals surface area contributed by atoms with Crippen LogP contribution in [-0.4, -0.2) is 60.3 Å². The summed E-state index contributed by atoms with van der Waals surface area (Å²) >= 11 is 0. The lowest BCUT2D eigenvalue weighted by Crippen LogP contribution is -2.52. The van der Waals surface area contributed by atoms with Gasteiger partial charge in [0.15, 0.2) is 5.82 Å². The van der Waals surface area contributed by atoms with Crippen LogP contribution in [0.5, 0.6) is 0 Å². The van der Waals surface area contributed by atoms with Gasteiger partial charge in [0.1, 0.15) is 0 Å². The summed E-state index contributed by atoms with van der Waals surface area (Å²) in [4.78, 5) is 23.1. The van der Waals surface area contributed by atoms with Gasteiger partial charge in [-0.3, -0.25) is 4.79 Å². The van der Waals surface area contributed by atoms with Crippen LogP contribution in [0.1, 0.15) is 108 Å². The largest absolute Gasteiger partial charge is 0.378 e. The Morgan fingerprint density at radius 2 is 1.55 bits per heavy atom. The van der Waals surface area contributed by atoms with E-state index in [0.29, 0.717) is 11.8 Å². The maximum absolute atomic E-state index is 13.4. The number of nitrogens with zero attached hydrogens (tertiary/aromatic N) is 4. The molecule has 0 N–H and O–H groups in total. The molecule has 7 nitrogen and oxygen atoms in total. The summed E-state index contributed by atoms with van der Waals surface area (Å²) in [6, 6.07) is 8.49. The van der Waals surface area contributed by atoms with E-state index in [-0.39, 0.29) is 17.3 Å². The second-order valence-corrected chi connectivity index (χ2v) is 12.9. The van der Waals surface area contributed by atoms with Crippen LogP contribution < -0.4 is 4.90 Å². The minimum atomic E-state index is 0.0354. The van der Waals surface area contributed by atoms with Crippen molar-refractivity contribution >= 4 is 11.6 Å². The molecule has 2 aliphatic heterocycles. The highest BCUT2D eigenvalue weighted by Gasteiger charge is 2.47. The SMILES string of the molecule is O=C(C1CCC1)N1CCC(c2noc(-c3cccc(N4CCOCC4)c3)n2)C2(CCCCCCCCCCC2)C1. The fraction of sp³-hybridized carbons (Fsp3) is 0.727. The highest BCUT2D eigenvalue weighted by atomic mass is 16.5. The Kier molecular flexibility index (Phi) is 9.05. The van der Waals surface area contributed by atoms with Gasteiger partial charge >= 0.3 is 0 Å². The van der Waals surface area contributed by atoms with Gasteiger partial charge in [-0.2, -0.15) is 4.98 Å². The highest BCUT2D eigenvalue weighted by molar-refractivity contribution is 5.79. The number of benzene rings is 1. The van der Waals surface area contributed by atoms with Gasteiger partial charge < -0.3 is 19.1 Å². The van der Waals surface area contributed by atoms with Crippen LogP contribution in [0, 0.1) is 11.3 Å². The number of carbonyl (C=O) groups is 1. The zero-order chi connectivity index (χ0) is 27.2. The van der Waals surface area contributed by atoms with Crippen molar-refractivity contribution in [2.45, 2.75) is 102 Å². The van der Waals surface area contributed by atoms with Crippen molar-refractivity contribution in [1.29, 1.82) is 0 Å². The molecule has 6 rings (SSSR count). The van der Waals surface area contributed by atoms with Crippen LogP contribution in [0.2, 0.25) is 0 Å². The zero-order valence-electron chi connectivity index (χ0n) is 24.3. The first-order valence-electron chi connectivity index (χ1n) is 16.3. The molecule has 2 saturated heterocycles. The van der Waals surface area contributed by atoms with Crippen molar-refractivity contribution in [3.63, 3.8) is 0 Å². The number of carbonyl (C=O) groups excluding carboxylic acids is 1. The minimum Gasteiger partial charge on any atom is -0.378 e. The first-order valence-corrected chi connectivity index (χ1v) is 16.3. The minimum absolute atomic E-state index is 0.0354. The number of anilines is 1. The van der Waals surface area contributed by atoms with E-state index in [1.165, 1.54) is 69.9 Å². The number of amides is 1. The van der Waals surface area contributed by atoms with Gasteiger partial charge in [0.05, 0.1) is 13.2 Å². The van der Waals surface area contributed by atoms with E-state index in [0.717, 1.165) is 82.9 Å². The first kappa shape index (κ1) is 27.7. The Labute approximate surface area is 240 Å².